The molecule has 0 unspecified atom stereocenters. The molecule has 6 rings (SSSR count). The third kappa shape index (κ3) is 5.63. The van der Waals surface area contributed by atoms with Gasteiger partial charge in [0.05, 0.1) is 16.9 Å². The van der Waals surface area contributed by atoms with Crippen molar-refractivity contribution in [1.29, 1.82) is 0 Å². The summed E-state index contributed by atoms with van der Waals surface area (Å²) in [4.78, 5) is 39.2. The van der Waals surface area contributed by atoms with Crippen molar-refractivity contribution in [2.45, 2.75) is 44.2 Å². The predicted molar refractivity (Wildman–Crippen MR) is 150 cm³/mol. The van der Waals surface area contributed by atoms with E-state index in [2.05, 4.69) is 27.4 Å². The van der Waals surface area contributed by atoms with Gasteiger partial charge in [0.15, 0.2) is 0 Å². The number of nitrogens with one attached hydrogen (secondary N) is 1. The SMILES string of the molecule is O=C(CN1Cc2ccc(-c3nc(NC4CCOCC4)ncc3Cl)cc2C1=O)N1CCC[C@@H](c2ccccc2)C1. The van der Waals surface area contributed by atoms with Gasteiger partial charge in [0, 0.05) is 55.9 Å². The van der Waals surface area contributed by atoms with E-state index in [-0.39, 0.29) is 24.4 Å². The Balaban J connectivity index is 1.14. The standard InChI is InChI=1S/C30H32ClN5O3/c31-26-16-32-30(33-24-10-13-39-14-11-24)34-28(26)21-8-9-23-18-36(29(38)25(23)15-21)19-27(37)35-12-4-7-22(17-35)20-5-2-1-3-6-20/h1-3,5-6,8-9,15-16,22,24H,4,7,10-14,17-19H2,(H,32,33,34)/t22-/m1/s1. The maximum atomic E-state index is 13.4. The van der Waals surface area contributed by atoms with E-state index >= 15 is 0 Å². The fourth-order valence-electron chi connectivity index (χ4n) is 5.76. The second-order valence-corrected chi connectivity index (χ2v) is 11.0. The minimum atomic E-state index is -0.137. The summed E-state index contributed by atoms with van der Waals surface area (Å²) < 4.78 is 5.43. The monoisotopic (exact) mass is 545 g/mol. The molecular formula is C30H32ClN5O3. The molecule has 2 saturated heterocycles. The van der Waals surface area contributed by atoms with Crippen LogP contribution in [-0.2, 0) is 16.1 Å². The Bertz CT molecular complexity index is 1360. The summed E-state index contributed by atoms with van der Waals surface area (Å²) in [6.45, 7) is 3.36. The van der Waals surface area contributed by atoms with Gasteiger partial charge in [-0.05, 0) is 42.9 Å². The van der Waals surface area contributed by atoms with Gasteiger partial charge in [-0.3, -0.25) is 9.59 Å². The summed E-state index contributed by atoms with van der Waals surface area (Å²) in [5.74, 6) is 0.708. The fourth-order valence-corrected chi connectivity index (χ4v) is 5.96. The Hall–Kier alpha value is -3.49. The van der Waals surface area contributed by atoms with Crippen molar-refractivity contribution < 1.29 is 14.3 Å². The normalized spacial score (nSPS) is 19.7. The number of halogens is 1. The molecule has 39 heavy (non-hydrogen) atoms. The number of amides is 2. The van der Waals surface area contributed by atoms with Crippen molar-refractivity contribution in [1.82, 2.24) is 19.8 Å². The average Bonchev–Trinajstić information content (AvgIpc) is 3.29. The van der Waals surface area contributed by atoms with Crippen LogP contribution in [0.5, 0.6) is 0 Å². The van der Waals surface area contributed by atoms with E-state index < -0.39 is 0 Å². The highest BCUT2D eigenvalue weighted by atomic mass is 35.5. The summed E-state index contributed by atoms with van der Waals surface area (Å²) in [7, 11) is 0. The number of anilines is 1. The van der Waals surface area contributed by atoms with Crippen LogP contribution in [-0.4, -0.2) is 70.5 Å². The first-order valence-corrected chi connectivity index (χ1v) is 14.0. The van der Waals surface area contributed by atoms with Crippen LogP contribution >= 0.6 is 11.6 Å². The van der Waals surface area contributed by atoms with Crippen LogP contribution in [0.4, 0.5) is 5.95 Å². The first-order chi connectivity index (χ1) is 19.0. The Morgan fingerprint density at radius 2 is 1.92 bits per heavy atom. The van der Waals surface area contributed by atoms with Crippen molar-refractivity contribution in [3.05, 3.63) is 76.4 Å². The second kappa shape index (κ2) is 11.3. The summed E-state index contributed by atoms with van der Waals surface area (Å²) in [6.07, 6.45) is 5.42. The van der Waals surface area contributed by atoms with Gasteiger partial charge >= 0.3 is 0 Å². The van der Waals surface area contributed by atoms with E-state index in [0.717, 1.165) is 56.6 Å². The number of fused-ring (bicyclic) bond motifs is 1. The molecule has 9 heteroatoms. The first kappa shape index (κ1) is 25.8. The molecule has 1 atom stereocenters. The quantitative estimate of drug-likeness (QED) is 0.481. The van der Waals surface area contributed by atoms with Crippen LogP contribution in [0.25, 0.3) is 11.3 Å². The molecular weight excluding hydrogens is 514 g/mol. The van der Waals surface area contributed by atoms with E-state index in [4.69, 9.17) is 16.3 Å². The smallest absolute Gasteiger partial charge is 0.254 e. The highest BCUT2D eigenvalue weighted by Gasteiger charge is 2.32. The van der Waals surface area contributed by atoms with Crippen LogP contribution in [0.3, 0.4) is 0 Å². The lowest BCUT2D eigenvalue weighted by atomic mass is 9.90. The molecule has 202 valence electrons. The summed E-state index contributed by atoms with van der Waals surface area (Å²) in [5.41, 5.74) is 4.09. The number of likely N-dealkylation sites (tertiary alicyclic amines) is 1. The minimum absolute atomic E-state index is 0.000292. The van der Waals surface area contributed by atoms with Crippen LogP contribution in [0.1, 0.15) is 53.1 Å². The summed E-state index contributed by atoms with van der Waals surface area (Å²) >= 11 is 6.48. The molecule has 0 spiro atoms. The molecule has 0 radical (unpaired) electrons. The van der Waals surface area contributed by atoms with Gasteiger partial charge in [-0.1, -0.05) is 54.1 Å². The highest BCUT2D eigenvalue weighted by Crippen LogP contribution is 2.32. The molecule has 0 aliphatic carbocycles. The van der Waals surface area contributed by atoms with Gasteiger partial charge in [-0.15, -0.1) is 0 Å². The first-order valence-electron chi connectivity index (χ1n) is 13.7. The van der Waals surface area contributed by atoms with Crippen LogP contribution < -0.4 is 5.32 Å². The largest absolute Gasteiger partial charge is 0.381 e. The zero-order valence-electron chi connectivity index (χ0n) is 21.8. The Morgan fingerprint density at radius 1 is 1.10 bits per heavy atom. The average molecular weight is 546 g/mol. The van der Waals surface area contributed by atoms with E-state index in [0.29, 0.717) is 41.2 Å². The lowest BCUT2D eigenvalue weighted by molar-refractivity contribution is -0.133. The lowest BCUT2D eigenvalue weighted by Crippen LogP contribution is -2.44. The number of rotatable bonds is 6. The molecule has 3 aliphatic heterocycles. The van der Waals surface area contributed by atoms with E-state index in [1.807, 2.05) is 41.3 Å². The number of carbonyl (C=O) groups is 2. The van der Waals surface area contributed by atoms with Crippen molar-refractivity contribution >= 4 is 29.4 Å². The zero-order valence-corrected chi connectivity index (χ0v) is 22.6. The second-order valence-electron chi connectivity index (χ2n) is 10.5. The molecule has 1 N–H and O–H groups in total. The van der Waals surface area contributed by atoms with Gasteiger partial charge in [-0.25, -0.2) is 9.97 Å². The highest BCUT2D eigenvalue weighted by molar-refractivity contribution is 6.33. The number of benzene rings is 2. The topological polar surface area (TPSA) is 87.7 Å². The number of ether oxygens (including phenoxy) is 1. The van der Waals surface area contributed by atoms with Crippen molar-refractivity contribution in [2.24, 2.45) is 0 Å². The maximum absolute atomic E-state index is 13.4. The van der Waals surface area contributed by atoms with E-state index in [1.165, 1.54) is 5.56 Å². The van der Waals surface area contributed by atoms with Crippen LogP contribution in [0, 0.1) is 0 Å². The lowest BCUT2D eigenvalue weighted by Gasteiger charge is -2.34. The van der Waals surface area contributed by atoms with Crippen molar-refractivity contribution in [3.63, 3.8) is 0 Å². The van der Waals surface area contributed by atoms with Gasteiger partial charge in [0.25, 0.3) is 5.91 Å². The van der Waals surface area contributed by atoms with Crippen LogP contribution in [0.2, 0.25) is 5.02 Å². The Morgan fingerprint density at radius 3 is 2.74 bits per heavy atom. The molecule has 3 aliphatic rings. The predicted octanol–water partition coefficient (Wildman–Crippen LogP) is 4.75. The number of hydrogen-bond donors (Lipinski definition) is 1. The fraction of sp³-hybridized carbons (Fsp3) is 0.400. The molecule has 3 aromatic rings. The van der Waals surface area contributed by atoms with Gasteiger partial charge in [0.1, 0.15) is 6.54 Å². The molecule has 2 aromatic carbocycles. The van der Waals surface area contributed by atoms with E-state index in [1.54, 1.807) is 11.1 Å². The molecule has 1 aromatic heterocycles. The summed E-state index contributed by atoms with van der Waals surface area (Å²) in [6, 6.07) is 16.3. The summed E-state index contributed by atoms with van der Waals surface area (Å²) in [5, 5.41) is 3.79. The Labute approximate surface area is 233 Å². The molecule has 2 amide bonds. The number of aromatic nitrogens is 2. The van der Waals surface area contributed by atoms with Gasteiger partial charge in [0.2, 0.25) is 11.9 Å². The van der Waals surface area contributed by atoms with Crippen molar-refractivity contribution in [3.8, 4) is 11.3 Å². The number of hydrogen-bond acceptors (Lipinski definition) is 6. The number of nitrogens with zero attached hydrogens (tertiary/aromatic N) is 4. The molecule has 2 fully saturated rings. The van der Waals surface area contributed by atoms with Crippen molar-refractivity contribution in [2.75, 3.05) is 38.2 Å². The third-order valence-electron chi connectivity index (χ3n) is 7.93. The molecule has 0 saturated carbocycles. The zero-order chi connectivity index (χ0) is 26.8. The van der Waals surface area contributed by atoms with E-state index in [9.17, 15) is 9.59 Å². The van der Waals surface area contributed by atoms with Gasteiger partial charge < -0.3 is 19.9 Å². The molecule has 0 bridgehead atoms. The molecule has 8 nitrogen and oxygen atoms in total. The number of carbonyl (C=O) groups excluding carboxylic acids is 2. The maximum Gasteiger partial charge on any atom is 0.254 e. The minimum Gasteiger partial charge on any atom is -0.381 e. The van der Waals surface area contributed by atoms with Crippen LogP contribution in [0.15, 0.2) is 54.7 Å². The third-order valence-corrected chi connectivity index (χ3v) is 8.21. The Kier molecular flexibility index (Phi) is 7.48. The van der Waals surface area contributed by atoms with Gasteiger partial charge in [-0.2, -0.15) is 0 Å². The number of piperidine rings is 1. The molecule has 4 heterocycles.